The number of carboxylic acids is 1. The van der Waals surface area contributed by atoms with E-state index in [0.29, 0.717) is 42.0 Å². The number of thioether (sulfide) groups is 2. The number of nitrogens with two attached hydrogens (primary N) is 1. The van der Waals surface area contributed by atoms with Gasteiger partial charge in [-0.25, -0.2) is 0 Å². The number of para-hydroxylation sites is 1. The van der Waals surface area contributed by atoms with Crippen molar-refractivity contribution < 1.29 is 77.7 Å². The molecule has 0 aliphatic carbocycles. The number of rotatable bonds is 17. The summed E-state index contributed by atoms with van der Waals surface area (Å²) < 4.78 is 31.5. The summed E-state index contributed by atoms with van der Waals surface area (Å²) in [6.45, 7) is 2.57. The molecule has 0 bridgehead atoms. The number of aliphatic carboxylic acids is 1. The number of H-pyrrole nitrogens is 1. The average Bonchev–Trinajstić information content (AvgIpc) is 3.84. The molecule has 10 atom stereocenters. The van der Waals surface area contributed by atoms with E-state index in [4.69, 9.17) is 15.6 Å². The Morgan fingerprint density at radius 2 is 1.30 bits per heavy atom. The number of carboxylic acid groups (broad SMARTS) is 1. The highest BCUT2D eigenvalue weighted by atomic mass is 32.2. The first-order valence-corrected chi connectivity index (χ1v) is 28.0. The van der Waals surface area contributed by atoms with Crippen LogP contribution in [0.2, 0.25) is 0 Å². The van der Waals surface area contributed by atoms with Crippen LogP contribution < -0.4 is 53.8 Å². The van der Waals surface area contributed by atoms with Crippen molar-refractivity contribution in [3.05, 3.63) is 108 Å². The van der Waals surface area contributed by atoms with Gasteiger partial charge in [-0.15, -0.1) is 0 Å². The van der Waals surface area contributed by atoms with Crippen molar-refractivity contribution in [1.82, 2.24) is 42.2 Å². The third kappa shape index (κ3) is 21.7. The summed E-state index contributed by atoms with van der Waals surface area (Å²) in [4.78, 5) is 112. The number of aliphatic hydroxyl groups is 3. The van der Waals surface area contributed by atoms with Crippen LogP contribution >= 0.6 is 23.5 Å². The van der Waals surface area contributed by atoms with Gasteiger partial charge in [0.1, 0.15) is 42.2 Å². The van der Waals surface area contributed by atoms with Gasteiger partial charge in [0.05, 0.1) is 37.4 Å². The van der Waals surface area contributed by atoms with E-state index < -0.39 is 121 Å². The van der Waals surface area contributed by atoms with E-state index in [9.17, 15) is 62.1 Å². The molecule has 0 unspecified atom stereocenters. The Morgan fingerprint density at radius 3 is 1.89 bits per heavy atom. The normalized spacial score (nSPS) is 21.9. The Labute approximate surface area is 468 Å². The number of nitrogens with one attached hydrogen (secondary N) is 8. The van der Waals surface area contributed by atoms with Crippen LogP contribution in [0, 0.1) is 0 Å². The first-order chi connectivity index (χ1) is 38.0. The summed E-state index contributed by atoms with van der Waals surface area (Å²) >= 11 is 2.55. The molecule has 80 heavy (non-hydrogen) atoms. The van der Waals surface area contributed by atoms with Crippen molar-refractivity contribution in [3.63, 3.8) is 0 Å². The molecule has 0 radical (unpaired) electrons. The fourth-order valence-electron chi connectivity index (χ4n) is 8.05. The number of quaternary nitrogens is 1. The number of unbranched alkanes of at least 4 members (excludes halogenated alkanes) is 1. The van der Waals surface area contributed by atoms with E-state index in [1.165, 1.54) is 37.4 Å². The molecule has 22 nitrogen and oxygen atoms in total. The highest BCUT2D eigenvalue weighted by Crippen LogP contribution is 2.20. The zero-order valence-electron chi connectivity index (χ0n) is 44.2. The smallest absolute Gasteiger partial charge is 0.430 e. The van der Waals surface area contributed by atoms with E-state index >= 15 is 0 Å². The molecule has 7 amide bonds. The number of aromatic nitrogens is 1. The van der Waals surface area contributed by atoms with Gasteiger partial charge in [0.25, 0.3) is 0 Å². The highest BCUT2D eigenvalue weighted by Gasteiger charge is 2.36. The molecule has 438 valence electrons. The lowest BCUT2D eigenvalue weighted by Crippen LogP contribution is -2.62. The van der Waals surface area contributed by atoms with Gasteiger partial charge >= 0.3 is 6.18 Å². The minimum absolute atomic E-state index is 0.0122. The number of alkyl halides is 3. The van der Waals surface area contributed by atoms with Crippen molar-refractivity contribution in [1.29, 1.82) is 0 Å². The minimum Gasteiger partial charge on any atom is -0.542 e. The molecule has 1 aliphatic rings. The number of aromatic amines is 1. The molecule has 27 heteroatoms. The summed E-state index contributed by atoms with van der Waals surface area (Å²) in [6.07, 6.45) is -4.96. The second-order valence-corrected chi connectivity index (χ2v) is 21.2. The van der Waals surface area contributed by atoms with E-state index in [0.717, 1.165) is 16.5 Å². The Kier molecular flexibility index (Phi) is 27.2. The Morgan fingerprint density at radius 1 is 0.750 bits per heavy atom. The Balaban J connectivity index is 0.00000184. The van der Waals surface area contributed by atoms with Gasteiger partial charge in [-0.1, -0.05) is 78.9 Å². The highest BCUT2D eigenvalue weighted by molar-refractivity contribution is 8.03. The van der Waals surface area contributed by atoms with Crippen LogP contribution in [0.3, 0.4) is 0 Å². The molecular formula is C53H71F3N10O12S2. The summed E-state index contributed by atoms with van der Waals surface area (Å²) in [5.41, 5.74) is 13.2. The summed E-state index contributed by atoms with van der Waals surface area (Å²) in [5.74, 6) is -7.58. The minimum atomic E-state index is -5.19. The number of carbonyl (C=O) groups excluding carboxylic acids is 8. The monoisotopic (exact) mass is 1160 g/mol. The number of halogens is 3. The first-order valence-electron chi connectivity index (χ1n) is 25.7. The van der Waals surface area contributed by atoms with Crippen molar-refractivity contribution in [2.75, 3.05) is 36.2 Å². The van der Waals surface area contributed by atoms with Crippen LogP contribution in [0.15, 0.2) is 91.1 Å². The molecule has 1 fully saturated rings. The van der Waals surface area contributed by atoms with Crippen molar-refractivity contribution in [2.24, 2.45) is 5.73 Å². The third-order valence-electron chi connectivity index (χ3n) is 12.5. The SMILES string of the molecule is C[C@@H](O)[C@@H]1NC(=O)[C@H](CCCC[NH3+])NC(=O)[C@@H](Cc2c[nH]c3ccccc23)NC(=O)[C@H](Cc2ccccc2)NC(=O)[C@@H](NC(=O)[C@H](N)Cc2ccccc2)CSCCSC[C@@H](C(=O)N[C@H](CO)[C@@H](C)O)NC1=O.O=C([O-])C(F)(F)F. The second kappa shape index (κ2) is 33.1. The van der Waals surface area contributed by atoms with Crippen LogP contribution in [0.25, 0.3) is 10.9 Å². The van der Waals surface area contributed by atoms with Gasteiger partial charge < -0.3 is 78.9 Å². The summed E-state index contributed by atoms with van der Waals surface area (Å²) in [6, 6.07) is 15.3. The van der Waals surface area contributed by atoms with Gasteiger partial charge in [-0.3, -0.25) is 33.6 Å². The lowest BCUT2D eigenvalue weighted by atomic mass is 10.0. The first kappa shape index (κ1) is 65.8. The summed E-state index contributed by atoms with van der Waals surface area (Å²) in [7, 11) is 0. The molecular weight excluding hydrogens is 1090 g/mol. The van der Waals surface area contributed by atoms with Gasteiger partial charge in [0.2, 0.25) is 41.4 Å². The van der Waals surface area contributed by atoms with Gasteiger partial charge in [-0.2, -0.15) is 36.7 Å². The molecule has 2 heterocycles. The number of hydrogen-bond donors (Lipinski definition) is 13. The van der Waals surface area contributed by atoms with Gasteiger partial charge in [-0.05, 0) is 62.3 Å². The molecule has 1 aromatic heterocycles. The van der Waals surface area contributed by atoms with Crippen LogP contribution in [0.4, 0.5) is 13.2 Å². The number of amides is 7. The second-order valence-electron chi connectivity index (χ2n) is 18.9. The fraction of sp³-hybridized carbons (Fsp3) is 0.472. The van der Waals surface area contributed by atoms with Crippen LogP contribution in [0.5, 0.6) is 0 Å². The Hall–Kier alpha value is -6.75. The predicted octanol–water partition coefficient (Wildman–Crippen LogP) is -2.14. The van der Waals surface area contributed by atoms with Gasteiger partial charge in [0.15, 0.2) is 0 Å². The number of carbonyl (C=O) groups is 8. The molecule has 5 rings (SSSR count). The number of fused-ring (bicyclic) bond motifs is 1. The van der Waals surface area contributed by atoms with Crippen molar-refractivity contribution in [2.45, 2.75) is 119 Å². The molecule has 16 N–H and O–H groups in total. The zero-order valence-corrected chi connectivity index (χ0v) is 45.8. The Bertz CT molecular complexity index is 2660. The molecule has 0 spiro atoms. The lowest BCUT2D eigenvalue weighted by molar-refractivity contribution is -0.368. The molecule has 1 aliphatic heterocycles. The molecule has 4 aromatic rings. The summed E-state index contributed by atoms with van der Waals surface area (Å²) in [5, 5.41) is 59.6. The van der Waals surface area contributed by atoms with Crippen LogP contribution in [-0.2, 0) is 57.6 Å². The number of benzene rings is 3. The van der Waals surface area contributed by atoms with Gasteiger partial charge in [0, 0.05) is 53.0 Å². The third-order valence-corrected chi connectivity index (χ3v) is 14.9. The maximum absolute atomic E-state index is 14.8. The number of aliphatic hydroxyl groups excluding tert-OH is 3. The largest absolute Gasteiger partial charge is 0.542 e. The van der Waals surface area contributed by atoms with Crippen LogP contribution in [-0.4, -0.2) is 171 Å². The topological polar surface area (TPSA) is 374 Å². The van der Waals surface area contributed by atoms with E-state index in [1.54, 1.807) is 36.5 Å². The van der Waals surface area contributed by atoms with Crippen molar-refractivity contribution in [3.8, 4) is 0 Å². The van der Waals surface area contributed by atoms with E-state index in [2.05, 4.69) is 47.9 Å². The average molecular weight is 1160 g/mol. The standard InChI is InChI=1S/C51H70N10O10S2.C2HF3O2/c1-30(63)41(27-62)58-50(70)43-29-73-22-21-72-28-42(59-45(65)36(53)23-32-13-5-3-6-14-32)49(69)56-39(24-33-15-7-4-8-16-33)47(67)57-40(25-34-26-54-37-18-10-9-17-35(34)37)48(68)55-38(19-11-12-20-52)46(66)61-44(31(2)64)51(71)60-43;3-2(4,5)1(6)7/h3-10,13-18,26,30-31,36,38-44,54,62-64H,11-12,19-25,27-29,52-53H2,1-2H3,(H,55,68)(H,56,69)(H,57,67)(H,58,70)(H,59,65)(H,60,71)(H,61,66);(H,6,7)/t30-,31-,36-,38+,39+,40-,41-,42+,43+,44+;/m1./s1. The fourth-order valence-corrected chi connectivity index (χ4v) is 10.3. The van der Waals surface area contributed by atoms with E-state index in [1.807, 2.05) is 54.6 Å². The van der Waals surface area contributed by atoms with Crippen LogP contribution in [0.1, 0.15) is 49.8 Å². The quantitative estimate of drug-likeness (QED) is 0.0502. The lowest BCUT2D eigenvalue weighted by Gasteiger charge is -2.29. The molecule has 1 saturated heterocycles. The molecule has 0 saturated carbocycles. The maximum atomic E-state index is 14.8. The maximum Gasteiger partial charge on any atom is 0.430 e. The zero-order chi connectivity index (χ0) is 58.9. The van der Waals surface area contributed by atoms with E-state index in [-0.39, 0.29) is 37.2 Å². The molecule has 3 aromatic carbocycles. The predicted molar refractivity (Wildman–Crippen MR) is 292 cm³/mol. The number of hydrogen-bond acceptors (Lipinski definition) is 15. The van der Waals surface area contributed by atoms with Crippen molar-refractivity contribution >= 4 is 81.7 Å².